The predicted octanol–water partition coefficient (Wildman–Crippen LogP) is -0.118. The molecular weight excluding hydrogens is 126 g/mol. The van der Waals surface area contributed by atoms with Gasteiger partial charge < -0.3 is 10.3 Å². The minimum absolute atomic E-state index is 0.915. The van der Waals surface area contributed by atoms with Crippen LogP contribution in [0.3, 0.4) is 0 Å². The Bertz CT molecular complexity index is 131. The van der Waals surface area contributed by atoms with Crippen LogP contribution < -0.4 is 5.32 Å². The molecule has 0 saturated carbocycles. The van der Waals surface area contributed by atoms with E-state index in [-0.39, 0.29) is 0 Å². The van der Waals surface area contributed by atoms with Crippen LogP contribution in [0, 0.1) is 0 Å². The zero-order valence-electron chi connectivity index (χ0n) is 6.72. The lowest BCUT2D eigenvalue weighted by molar-refractivity contribution is 0.0529. The van der Waals surface area contributed by atoms with Crippen molar-refractivity contribution in [1.29, 1.82) is 0 Å². The van der Waals surface area contributed by atoms with E-state index in [9.17, 15) is 0 Å². The monoisotopic (exact) mass is 141 g/mol. The first kappa shape index (κ1) is 7.57. The van der Waals surface area contributed by atoms with Gasteiger partial charge in [0.25, 0.3) is 0 Å². The second-order valence-corrected chi connectivity index (χ2v) is 2.71. The Labute approximate surface area is 62.3 Å². The van der Waals surface area contributed by atoms with Crippen molar-refractivity contribution in [3.63, 3.8) is 0 Å². The van der Waals surface area contributed by atoms with Crippen LogP contribution in [0.1, 0.15) is 0 Å². The molecule has 1 N–H and O–H groups in total. The van der Waals surface area contributed by atoms with Gasteiger partial charge in [0.15, 0.2) is 0 Å². The number of hydrogen-bond acceptors (Lipinski definition) is 3. The molecule has 0 bridgehead atoms. The van der Waals surface area contributed by atoms with Crippen LogP contribution in [-0.4, -0.2) is 43.7 Å². The van der Waals surface area contributed by atoms with Gasteiger partial charge in [-0.1, -0.05) is 6.58 Å². The molecule has 0 aliphatic carbocycles. The quantitative estimate of drug-likeness (QED) is 0.549. The fourth-order valence-electron chi connectivity index (χ4n) is 1.15. The number of piperazine rings is 1. The highest BCUT2D eigenvalue weighted by atomic mass is 15.6. The third-order valence-electron chi connectivity index (χ3n) is 1.68. The van der Waals surface area contributed by atoms with Crippen molar-refractivity contribution in [2.45, 2.75) is 0 Å². The van der Waals surface area contributed by atoms with E-state index in [4.69, 9.17) is 0 Å². The summed E-state index contributed by atoms with van der Waals surface area (Å²) in [5.74, 6) is 0. The summed E-state index contributed by atoms with van der Waals surface area (Å²) >= 11 is 0. The Hall–Kier alpha value is -0.540. The number of nitrogens with zero attached hydrogens (tertiary/aromatic N) is 2. The van der Waals surface area contributed by atoms with Crippen molar-refractivity contribution in [3.8, 4) is 0 Å². The summed E-state index contributed by atoms with van der Waals surface area (Å²) in [6.07, 6.45) is 0. The van der Waals surface area contributed by atoms with Crippen LogP contribution in [0.5, 0.6) is 0 Å². The van der Waals surface area contributed by atoms with Gasteiger partial charge in [-0.25, -0.2) is 5.01 Å². The molecule has 0 unspecified atom stereocenters. The van der Waals surface area contributed by atoms with Gasteiger partial charge in [-0.05, 0) is 0 Å². The molecule has 10 heavy (non-hydrogen) atoms. The lowest BCUT2D eigenvalue weighted by atomic mass is 10.3. The van der Waals surface area contributed by atoms with E-state index in [1.54, 1.807) is 0 Å². The van der Waals surface area contributed by atoms with Gasteiger partial charge in [0.2, 0.25) is 0 Å². The summed E-state index contributed by atoms with van der Waals surface area (Å²) in [7, 11) is 4.08. The molecule has 0 aromatic rings. The summed E-state index contributed by atoms with van der Waals surface area (Å²) in [5.41, 5.74) is 1.15. The topological polar surface area (TPSA) is 18.5 Å². The molecule has 58 valence electrons. The van der Waals surface area contributed by atoms with Crippen molar-refractivity contribution < 1.29 is 0 Å². The van der Waals surface area contributed by atoms with Crippen LogP contribution in [-0.2, 0) is 0 Å². The Morgan fingerprint density at radius 2 is 2.30 bits per heavy atom. The van der Waals surface area contributed by atoms with Gasteiger partial charge in [-0.2, -0.15) is 0 Å². The molecule has 1 saturated heterocycles. The minimum atomic E-state index is 0.915. The van der Waals surface area contributed by atoms with Gasteiger partial charge in [0, 0.05) is 39.4 Å². The van der Waals surface area contributed by atoms with E-state index in [1.165, 1.54) is 0 Å². The zero-order chi connectivity index (χ0) is 7.56. The maximum Gasteiger partial charge on any atom is 0.0468 e. The predicted molar refractivity (Wildman–Crippen MR) is 42.4 cm³/mol. The Kier molecular flexibility index (Phi) is 2.29. The summed E-state index contributed by atoms with van der Waals surface area (Å²) in [6.45, 7) is 6.94. The van der Waals surface area contributed by atoms with Crippen molar-refractivity contribution in [2.24, 2.45) is 0 Å². The largest absolute Gasteiger partial charge is 0.309 e. The molecule has 0 spiro atoms. The SMILES string of the molecule is C=C1CNCCN1N(C)C. The van der Waals surface area contributed by atoms with E-state index in [0.717, 1.165) is 25.3 Å². The third kappa shape index (κ3) is 1.49. The molecule has 1 aliphatic rings. The maximum atomic E-state index is 3.94. The minimum Gasteiger partial charge on any atom is -0.309 e. The molecule has 1 aliphatic heterocycles. The molecule has 1 heterocycles. The molecule has 1 rings (SSSR count). The molecule has 0 aromatic heterocycles. The summed E-state index contributed by atoms with van der Waals surface area (Å²) in [4.78, 5) is 0. The first-order chi connectivity index (χ1) is 4.72. The highest BCUT2D eigenvalue weighted by Gasteiger charge is 2.12. The average molecular weight is 141 g/mol. The smallest absolute Gasteiger partial charge is 0.0468 e. The third-order valence-corrected chi connectivity index (χ3v) is 1.68. The Morgan fingerprint density at radius 3 is 2.70 bits per heavy atom. The van der Waals surface area contributed by atoms with Crippen molar-refractivity contribution in [2.75, 3.05) is 33.7 Å². The van der Waals surface area contributed by atoms with Crippen LogP contribution >= 0.6 is 0 Å². The van der Waals surface area contributed by atoms with E-state index >= 15 is 0 Å². The van der Waals surface area contributed by atoms with Gasteiger partial charge in [-0.15, -0.1) is 0 Å². The second-order valence-electron chi connectivity index (χ2n) is 2.71. The van der Waals surface area contributed by atoms with Crippen LogP contribution in [0.4, 0.5) is 0 Å². The average Bonchev–Trinajstić information content (AvgIpc) is 1.88. The van der Waals surface area contributed by atoms with Crippen molar-refractivity contribution >= 4 is 0 Å². The lowest BCUT2D eigenvalue weighted by Gasteiger charge is -2.36. The Balaban J connectivity index is 2.48. The molecule has 0 amide bonds. The molecule has 0 atom stereocenters. The number of hydrazine groups is 1. The summed E-state index contributed by atoms with van der Waals surface area (Å²) in [6, 6.07) is 0. The highest BCUT2D eigenvalue weighted by Crippen LogP contribution is 2.04. The molecule has 0 radical (unpaired) electrons. The van der Waals surface area contributed by atoms with E-state index in [0.29, 0.717) is 0 Å². The van der Waals surface area contributed by atoms with E-state index < -0.39 is 0 Å². The molecule has 0 aromatic carbocycles. The normalized spacial score (nSPS) is 20.3. The van der Waals surface area contributed by atoms with Gasteiger partial charge in [0.05, 0.1) is 0 Å². The summed E-state index contributed by atoms with van der Waals surface area (Å²) < 4.78 is 0. The molecule has 3 nitrogen and oxygen atoms in total. The number of nitrogens with one attached hydrogen (secondary N) is 1. The zero-order valence-corrected chi connectivity index (χ0v) is 6.72. The first-order valence-corrected chi connectivity index (χ1v) is 3.55. The molecule has 1 fully saturated rings. The van der Waals surface area contributed by atoms with Gasteiger partial charge >= 0.3 is 0 Å². The van der Waals surface area contributed by atoms with Gasteiger partial charge in [-0.3, -0.25) is 0 Å². The fourth-order valence-corrected chi connectivity index (χ4v) is 1.15. The van der Waals surface area contributed by atoms with E-state index in [1.807, 2.05) is 14.1 Å². The van der Waals surface area contributed by atoms with E-state index in [2.05, 4.69) is 21.9 Å². The van der Waals surface area contributed by atoms with Crippen LogP contribution in [0.25, 0.3) is 0 Å². The number of hydrogen-bond donors (Lipinski definition) is 1. The Morgan fingerprint density at radius 1 is 1.60 bits per heavy atom. The van der Waals surface area contributed by atoms with Crippen LogP contribution in [0.15, 0.2) is 12.3 Å². The molecule has 3 heteroatoms. The second kappa shape index (κ2) is 3.03. The summed E-state index contributed by atoms with van der Waals surface area (Å²) in [5, 5.41) is 7.50. The van der Waals surface area contributed by atoms with Crippen molar-refractivity contribution in [1.82, 2.24) is 15.3 Å². The highest BCUT2D eigenvalue weighted by molar-refractivity contribution is 4.97. The standard InChI is InChI=1S/C7H15N3/c1-7-6-8-4-5-10(7)9(2)3/h8H,1,4-6H2,2-3H3. The van der Waals surface area contributed by atoms with Crippen molar-refractivity contribution in [3.05, 3.63) is 12.3 Å². The van der Waals surface area contributed by atoms with Crippen LogP contribution in [0.2, 0.25) is 0 Å². The lowest BCUT2D eigenvalue weighted by Crippen LogP contribution is -2.47. The molecular formula is C7H15N3. The number of rotatable bonds is 1. The maximum absolute atomic E-state index is 3.94. The van der Waals surface area contributed by atoms with Gasteiger partial charge in [0.1, 0.15) is 0 Å². The fraction of sp³-hybridized carbons (Fsp3) is 0.714. The first-order valence-electron chi connectivity index (χ1n) is 3.55.